The molecule has 2 fully saturated rings. The van der Waals surface area contributed by atoms with E-state index in [9.17, 15) is 19.7 Å². The minimum Gasteiger partial charge on any atom is -0.493 e. The van der Waals surface area contributed by atoms with E-state index in [0.29, 0.717) is 17.1 Å². The van der Waals surface area contributed by atoms with Gasteiger partial charge in [-0.15, -0.1) is 0 Å². The summed E-state index contributed by atoms with van der Waals surface area (Å²) in [5, 5.41) is 11.5. The van der Waals surface area contributed by atoms with E-state index in [1.54, 1.807) is 18.2 Å². The molecule has 1 aliphatic heterocycles. The third kappa shape index (κ3) is 5.30. The van der Waals surface area contributed by atoms with Gasteiger partial charge in [-0.2, -0.15) is 0 Å². The van der Waals surface area contributed by atoms with E-state index in [2.05, 4.69) is 0 Å². The quantitative estimate of drug-likeness (QED) is 0.394. The molecule has 2 amide bonds. The van der Waals surface area contributed by atoms with Crippen LogP contribution < -0.4 is 9.47 Å². The number of hydrogen-bond donors (Lipinski definition) is 0. The molecule has 0 bridgehead atoms. The fourth-order valence-electron chi connectivity index (χ4n) is 4.62. The second kappa shape index (κ2) is 10.5. The third-order valence-electron chi connectivity index (χ3n) is 6.37. The number of rotatable bonds is 9. The Balaban J connectivity index is 1.57. The summed E-state index contributed by atoms with van der Waals surface area (Å²) in [7, 11) is 1.54. The topological polar surface area (TPSA) is 108 Å². The van der Waals surface area contributed by atoms with Crippen molar-refractivity contribution >= 4 is 12.0 Å². The van der Waals surface area contributed by atoms with E-state index in [1.807, 2.05) is 30.3 Å². The molecule has 4 rings (SSSR count). The predicted molar refractivity (Wildman–Crippen MR) is 122 cm³/mol. The zero-order chi connectivity index (χ0) is 24.1. The fourth-order valence-corrected chi connectivity index (χ4v) is 4.62. The molecule has 9 nitrogen and oxygen atoms in total. The van der Waals surface area contributed by atoms with E-state index in [-0.39, 0.29) is 19.1 Å². The van der Waals surface area contributed by atoms with Gasteiger partial charge in [0.15, 0.2) is 11.5 Å². The Bertz CT molecular complexity index is 1040. The second-order valence-electron chi connectivity index (χ2n) is 8.62. The third-order valence-corrected chi connectivity index (χ3v) is 6.37. The van der Waals surface area contributed by atoms with Crippen LogP contribution >= 0.6 is 0 Å². The van der Waals surface area contributed by atoms with Crippen LogP contribution in [0.25, 0.3) is 0 Å². The van der Waals surface area contributed by atoms with Gasteiger partial charge in [0, 0.05) is 11.3 Å². The molecule has 1 saturated heterocycles. The molecular formula is C25H28N2O7. The van der Waals surface area contributed by atoms with E-state index in [4.69, 9.17) is 14.2 Å². The van der Waals surface area contributed by atoms with Crippen LogP contribution in [-0.2, 0) is 9.53 Å². The molecule has 0 spiro atoms. The lowest BCUT2D eigenvalue weighted by atomic mass is 9.94. The molecule has 0 unspecified atom stereocenters. The van der Waals surface area contributed by atoms with Crippen molar-refractivity contribution < 1.29 is 28.7 Å². The van der Waals surface area contributed by atoms with Gasteiger partial charge in [0.1, 0.15) is 12.6 Å². The molecular weight excluding hydrogens is 440 g/mol. The van der Waals surface area contributed by atoms with Crippen molar-refractivity contribution in [3.05, 3.63) is 69.8 Å². The summed E-state index contributed by atoms with van der Waals surface area (Å²) < 4.78 is 16.7. The highest BCUT2D eigenvalue weighted by molar-refractivity contribution is 5.94. The summed E-state index contributed by atoms with van der Waals surface area (Å²) in [5.74, 6) is -0.217. The van der Waals surface area contributed by atoms with E-state index in [1.165, 1.54) is 7.11 Å². The van der Waals surface area contributed by atoms with Gasteiger partial charge in [-0.25, -0.2) is 9.69 Å². The number of cyclic esters (lactones) is 1. The molecule has 34 heavy (non-hydrogen) atoms. The molecule has 180 valence electrons. The van der Waals surface area contributed by atoms with Crippen molar-refractivity contribution in [2.75, 3.05) is 20.3 Å². The zero-order valence-electron chi connectivity index (χ0n) is 19.1. The van der Waals surface area contributed by atoms with Crippen molar-refractivity contribution in [3.8, 4) is 11.5 Å². The summed E-state index contributed by atoms with van der Waals surface area (Å²) in [5.41, 5.74) is 1.35. The average molecular weight is 469 g/mol. The lowest BCUT2D eigenvalue weighted by molar-refractivity contribution is -0.483. The number of carbonyl (C=O) groups is 2. The van der Waals surface area contributed by atoms with E-state index >= 15 is 0 Å². The lowest BCUT2D eigenvalue weighted by Crippen LogP contribution is -2.35. The predicted octanol–water partition coefficient (Wildman–Crippen LogP) is 4.49. The van der Waals surface area contributed by atoms with E-state index in [0.717, 1.165) is 36.1 Å². The summed E-state index contributed by atoms with van der Waals surface area (Å²) in [6.07, 6.45) is 3.21. The Morgan fingerprint density at radius 3 is 2.59 bits per heavy atom. The van der Waals surface area contributed by atoms with Crippen LogP contribution in [0.4, 0.5) is 4.79 Å². The van der Waals surface area contributed by atoms with Gasteiger partial charge in [-0.3, -0.25) is 14.9 Å². The second-order valence-corrected chi connectivity index (χ2v) is 8.62. The highest BCUT2D eigenvalue weighted by Gasteiger charge is 2.40. The van der Waals surface area contributed by atoms with Crippen molar-refractivity contribution in [3.63, 3.8) is 0 Å². The largest absolute Gasteiger partial charge is 0.493 e. The van der Waals surface area contributed by atoms with Crippen molar-refractivity contribution in [1.82, 2.24) is 4.90 Å². The number of ether oxygens (including phenoxy) is 3. The molecule has 1 saturated carbocycles. The maximum absolute atomic E-state index is 13.2. The number of hydrogen-bond acceptors (Lipinski definition) is 7. The number of nitro groups is 1. The molecule has 0 radical (unpaired) electrons. The number of amides is 2. The fraction of sp³-hybridized carbons (Fsp3) is 0.440. The normalized spacial score (nSPS) is 19.0. The average Bonchev–Trinajstić information content (AvgIpc) is 3.48. The molecule has 1 heterocycles. The van der Waals surface area contributed by atoms with Crippen LogP contribution in [0, 0.1) is 10.1 Å². The Morgan fingerprint density at radius 1 is 1.18 bits per heavy atom. The number of carbonyl (C=O) groups excluding carboxylic acids is 2. The molecule has 2 aromatic carbocycles. The highest BCUT2D eigenvalue weighted by Crippen LogP contribution is 2.36. The number of nitrogens with zero attached hydrogens (tertiary/aromatic N) is 2. The molecule has 2 aliphatic rings. The minimum atomic E-state index is -0.746. The van der Waals surface area contributed by atoms with Gasteiger partial charge in [-0.05, 0) is 48.9 Å². The van der Waals surface area contributed by atoms with Crippen LogP contribution in [0.15, 0.2) is 48.5 Å². The summed E-state index contributed by atoms with van der Waals surface area (Å²) in [6.45, 7) is -0.407. The van der Waals surface area contributed by atoms with Crippen molar-refractivity contribution in [1.29, 1.82) is 0 Å². The Kier molecular flexibility index (Phi) is 7.30. The maximum Gasteiger partial charge on any atom is 0.417 e. The number of benzene rings is 2. The van der Waals surface area contributed by atoms with Gasteiger partial charge in [0.2, 0.25) is 12.5 Å². The van der Waals surface area contributed by atoms with Crippen LogP contribution in [0.3, 0.4) is 0 Å². The first-order valence-corrected chi connectivity index (χ1v) is 11.5. The Labute approximate surface area is 197 Å². The smallest absolute Gasteiger partial charge is 0.417 e. The molecule has 9 heteroatoms. The molecule has 0 aromatic heterocycles. The van der Waals surface area contributed by atoms with Crippen LogP contribution in [0.1, 0.15) is 55.2 Å². The Hall–Kier alpha value is -3.62. The van der Waals surface area contributed by atoms with Gasteiger partial charge in [0.05, 0.1) is 19.1 Å². The van der Waals surface area contributed by atoms with Crippen LogP contribution in [-0.4, -0.2) is 48.2 Å². The first kappa shape index (κ1) is 23.5. The molecule has 0 N–H and O–H groups in total. The van der Waals surface area contributed by atoms with Gasteiger partial charge >= 0.3 is 6.09 Å². The SMILES string of the molecule is COc1ccc([C@@H](CC(=O)N2C(=O)OC[C@H]2c2ccccc2)C[N+](=O)[O-])cc1OC1CCCC1. The number of imide groups is 1. The first-order chi connectivity index (χ1) is 16.5. The minimum absolute atomic E-state index is 0.0520. The zero-order valence-corrected chi connectivity index (χ0v) is 19.1. The van der Waals surface area contributed by atoms with Gasteiger partial charge in [0.25, 0.3) is 0 Å². The van der Waals surface area contributed by atoms with Crippen molar-refractivity contribution in [2.45, 2.75) is 50.2 Å². The molecule has 2 aromatic rings. The molecule has 1 aliphatic carbocycles. The molecule has 2 atom stereocenters. The lowest BCUT2D eigenvalue weighted by Gasteiger charge is -2.23. The van der Waals surface area contributed by atoms with Crippen LogP contribution in [0.5, 0.6) is 11.5 Å². The number of methoxy groups -OCH3 is 1. The summed E-state index contributed by atoms with van der Waals surface area (Å²) in [4.78, 5) is 37.7. The monoisotopic (exact) mass is 468 g/mol. The first-order valence-electron chi connectivity index (χ1n) is 11.5. The van der Waals surface area contributed by atoms with Gasteiger partial charge < -0.3 is 14.2 Å². The van der Waals surface area contributed by atoms with E-state index < -0.39 is 35.4 Å². The maximum atomic E-state index is 13.2. The Morgan fingerprint density at radius 2 is 1.91 bits per heavy atom. The summed E-state index contributed by atoms with van der Waals surface area (Å²) >= 11 is 0. The highest BCUT2D eigenvalue weighted by atomic mass is 16.6. The van der Waals surface area contributed by atoms with Crippen LogP contribution in [0.2, 0.25) is 0 Å². The van der Waals surface area contributed by atoms with Crippen molar-refractivity contribution in [2.24, 2.45) is 0 Å². The summed E-state index contributed by atoms with van der Waals surface area (Å²) in [6, 6.07) is 13.7. The van der Waals surface area contributed by atoms with Gasteiger partial charge in [-0.1, -0.05) is 36.4 Å². The standard InChI is InChI=1S/C25H28N2O7/c1-32-22-12-11-18(13-23(22)34-20-9-5-6-10-20)19(15-26(30)31)14-24(28)27-21(16-33-25(27)29)17-7-3-2-4-8-17/h2-4,7-8,11-13,19-21H,5-6,9-10,14-16H2,1H3/t19-,21-/m0/s1.